The van der Waals surface area contributed by atoms with E-state index in [2.05, 4.69) is 4.72 Å². The molecule has 106 valence electrons. The molecule has 0 saturated carbocycles. The second-order valence-corrected chi connectivity index (χ2v) is 5.34. The number of ether oxygens (including phenoxy) is 1. The molecule has 0 atom stereocenters. The van der Waals surface area contributed by atoms with E-state index in [1.54, 1.807) is 0 Å². The summed E-state index contributed by atoms with van der Waals surface area (Å²) in [5.41, 5.74) is 10.3. The van der Waals surface area contributed by atoms with Gasteiger partial charge >= 0.3 is 0 Å². The molecule has 0 fully saturated rings. The smallest absolute Gasteiger partial charge is 0.243 e. The summed E-state index contributed by atoms with van der Waals surface area (Å²) in [5, 5.41) is 0. The first kappa shape index (κ1) is 15.3. The number of halogens is 1. The number of nitrogens with one attached hydrogen (secondary N) is 1. The minimum atomic E-state index is -3.99. The lowest BCUT2D eigenvalue weighted by Crippen LogP contribution is -2.29. The van der Waals surface area contributed by atoms with Crippen molar-refractivity contribution in [2.75, 3.05) is 25.5 Å². The Labute approximate surface area is 109 Å². The SMILES string of the molecule is NC(=O)COCCNS(=O)(=O)c1ccc(N)cc1F. The highest BCUT2D eigenvalue weighted by Gasteiger charge is 2.18. The summed E-state index contributed by atoms with van der Waals surface area (Å²) >= 11 is 0. The van der Waals surface area contributed by atoms with Crippen LogP contribution in [0.4, 0.5) is 10.1 Å². The Bertz CT molecular complexity index is 562. The number of nitrogen functional groups attached to an aromatic ring is 1. The van der Waals surface area contributed by atoms with Crippen LogP contribution in [-0.4, -0.2) is 34.1 Å². The molecule has 0 aliphatic heterocycles. The van der Waals surface area contributed by atoms with Gasteiger partial charge in [-0.15, -0.1) is 0 Å². The first-order valence-corrected chi connectivity index (χ1v) is 6.72. The van der Waals surface area contributed by atoms with Gasteiger partial charge in [0.15, 0.2) is 0 Å². The van der Waals surface area contributed by atoms with E-state index in [-0.39, 0.29) is 25.4 Å². The first-order chi connectivity index (χ1) is 8.83. The molecular formula is C10H14FN3O4S. The van der Waals surface area contributed by atoms with Crippen LogP contribution in [-0.2, 0) is 19.6 Å². The largest absolute Gasteiger partial charge is 0.399 e. The molecule has 0 heterocycles. The quantitative estimate of drug-likeness (QED) is 0.447. The third-order valence-electron chi connectivity index (χ3n) is 2.03. The zero-order valence-corrected chi connectivity index (χ0v) is 10.7. The van der Waals surface area contributed by atoms with Crippen molar-refractivity contribution in [2.24, 2.45) is 5.73 Å². The number of primary amides is 1. The number of sulfonamides is 1. The fraction of sp³-hybridized carbons (Fsp3) is 0.300. The first-order valence-electron chi connectivity index (χ1n) is 5.23. The summed E-state index contributed by atoms with van der Waals surface area (Å²) in [6, 6.07) is 3.26. The minimum Gasteiger partial charge on any atom is -0.399 e. The summed E-state index contributed by atoms with van der Waals surface area (Å²) in [6.45, 7) is -0.476. The van der Waals surface area contributed by atoms with Crippen molar-refractivity contribution in [3.05, 3.63) is 24.0 Å². The zero-order valence-electron chi connectivity index (χ0n) is 9.93. The lowest BCUT2D eigenvalue weighted by Gasteiger charge is -2.08. The molecule has 9 heteroatoms. The Morgan fingerprint density at radius 3 is 2.68 bits per heavy atom. The molecule has 5 N–H and O–H groups in total. The fourth-order valence-corrected chi connectivity index (χ4v) is 2.30. The van der Waals surface area contributed by atoms with E-state index in [1.165, 1.54) is 6.07 Å². The van der Waals surface area contributed by atoms with Gasteiger partial charge in [-0.05, 0) is 18.2 Å². The summed E-state index contributed by atoms with van der Waals surface area (Å²) in [7, 11) is -3.99. The molecule has 1 rings (SSSR count). The Balaban J connectivity index is 2.59. The van der Waals surface area contributed by atoms with Crippen molar-refractivity contribution in [1.82, 2.24) is 4.72 Å². The van der Waals surface area contributed by atoms with Gasteiger partial charge in [-0.3, -0.25) is 4.79 Å². The predicted octanol–water partition coefficient (Wildman–Crippen LogP) is -0.812. The number of benzene rings is 1. The number of carbonyl (C=O) groups excluding carboxylic acids is 1. The Kier molecular flexibility index (Phi) is 5.21. The number of rotatable bonds is 7. The van der Waals surface area contributed by atoms with Gasteiger partial charge in [0.05, 0.1) is 6.61 Å². The van der Waals surface area contributed by atoms with Gasteiger partial charge in [0.1, 0.15) is 17.3 Å². The third kappa shape index (κ3) is 4.81. The van der Waals surface area contributed by atoms with Crippen LogP contribution in [0.2, 0.25) is 0 Å². The molecule has 0 aliphatic rings. The van der Waals surface area contributed by atoms with Crippen molar-refractivity contribution in [1.29, 1.82) is 0 Å². The van der Waals surface area contributed by atoms with Crippen molar-refractivity contribution < 1.29 is 22.3 Å². The highest BCUT2D eigenvalue weighted by atomic mass is 32.2. The van der Waals surface area contributed by atoms with E-state index >= 15 is 0 Å². The van der Waals surface area contributed by atoms with E-state index in [0.29, 0.717) is 0 Å². The Hall–Kier alpha value is -1.71. The maximum Gasteiger partial charge on any atom is 0.243 e. The van der Waals surface area contributed by atoms with Crippen LogP contribution in [0.25, 0.3) is 0 Å². The van der Waals surface area contributed by atoms with Crippen LogP contribution < -0.4 is 16.2 Å². The van der Waals surface area contributed by atoms with Crippen LogP contribution in [0.1, 0.15) is 0 Å². The maximum absolute atomic E-state index is 13.4. The number of anilines is 1. The van der Waals surface area contributed by atoms with E-state index in [1.807, 2.05) is 0 Å². The second-order valence-electron chi connectivity index (χ2n) is 3.61. The standard InChI is InChI=1S/C10H14FN3O4S/c11-8-5-7(12)1-2-9(8)19(16,17)14-3-4-18-6-10(13)15/h1-2,5,14H,3-4,6,12H2,(H2,13,15). The summed E-state index contributed by atoms with van der Waals surface area (Å²) in [4.78, 5) is 9.85. The average Bonchev–Trinajstić information content (AvgIpc) is 2.27. The van der Waals surface area contributed by atoms with Crippen molar-refractivity contribution in [3.63, 3.8) is 0 Å². The highest BCUT2D eigenvalue weighted by molar-refractivity contribution is 7.89. The van der Waals surface area contributed by atoms with Gasteiger partial charge in [-0.1, -0.05) is 0 Å². The molecular weight excluding hydrogens is 277 g/mol. The number of nitrogens with two attached hydrogens (primary N) is 2. The van der Waals surface area contributed by atoms with Crippen molar-refractivity contribution >= 4 is 21.6 Å². The molecule has 7 nitrogen and oxygen atoms in total. The molecule has 0 aliphatic carbocycles. The van der Waals surface area contributed by atoms with Crippen LogP contribution in [0.15, 0.2) is 23.1 Å². The lowest BCUT2D eigenvalue weighted by atomic mass is 10.3. The van der Waals surface area contributed by atoms with Gasteiger partial charge in [-0.2, -0.15) is 0 Å². The number of carbonyl (C=O) groups is 1. The molecule has 0 aromatic heterocycles. The predicted molar refractivity (Wildman–Crippen MR) is 66.0 cm³/mol. The highest BCUT2D eigenvalue weighted by Crippen LogP contribution is 2.16. The number of hydrogen-bond donors (Lipinski definition) is 3. The van der Waals surface area contributed by atoms with Gasteiger partial charge in [0.25, 0.3) is 0 Å². The van der Waals surface area contributed by atoms with Crippen LogP contribution in [0.3, 0.4) is 0 Å². The summed E-state index contributed by atoms with van der Waals surface area (Å²) in [5.74, 6) is -1.60. The molecule has 0 unspecified atom stereocenters. The Morgan fingerprint density at radius 2 is 2.11 bits per heavy atom. The number of hydrogen-bond acceptors (Lipinski definition) is 5. The molecule has 0 bridgehead atoms. The zero-order chi connectivity index (χ0) is 14.5. The molecule has 19 heavy (non-hydrogen) atoms. The monoisotopic (exact) mass is 291 g/mol. The van der Waals surface area contributed by atoms with Crippen LogP contribution in [0, 0.1) is 5.82 Å². The molecule has 0 saturated heterocycles. The molecule has 1 amide bonds. The van der Waals surface area contributed by atoms with Crippen molar-refractivity contribution in [3.8, 4) is 0 Å². The average molecular weight is 291 g/mol. The minimum absolute atomic E-state index is 0.0568. The topological polar surface area (TPSA) is 125 Å². The second kappa shape index (κ2) is 6.45. The van der Waals surface area contributed by atoms with Crippen molar-refractivity contribution in [2.45, 2.75) is 4.90 Å². The van der Waals surface area contributed by atoms with Crippen LogP contribution in [0.5, 0.6) is 0 Å². The van der Waals surface area contributed by atoms with Gasteiger partial charge in [-0.25, -0.2) is 17.5 Å². The molecule has 1 aromatic carbocycles. The van der Waals surface area contributed by atoms with E-state index < -0.39 is 26.6 Å². The van der Waals surface area contributed by atoms with Gasteiger partial charge in [0, 0.05) is 12.2 Å². The fourth-order valence-electron chi connectivity index (χ4n) is 1.23. The van der Waals surface area contributed by atoms with Gasteiger partial charge < -0.3 is 16.2 Å². The van der Waals surface area contributed by atoms with Gasteiger partial charge in [0.2, 0.25) is 15.9 Å². The lowest BCUT2D eigenvalue weighted by molar-refractivity contribution is -0.122. The summed E-state index contributed by atoms with van der Waals surface area (Å²) < 4.78 is 43.8. The van der Waals surface area contributed by atoms with E-state index in [9.17, 15) is 17.6 Å². The maximum atomic E-state index is 13.4. The van der Waals surface area contributed by atoms with E-state index in [4.69, 9.17) is 16.2 Å². The molecule has 0 spiro atoms. The van der Waals surface area contributed by atoms with Crippen LogP contribution >= 0.6 is 0 Å². The summed E-state index contributed by atoms with van der Waals surface area (Å²) in [6.07, 6.45) is 0. The number of amides is 1. The molecule has 1 aromatic rings. The normalized spacial score (nSPS) is 11.4. The third-order valence-corrected chi connectivity index (χ3v) is 3.52. The Morgan fingerprint density at radius 1 is 1.42 bits per heavy atom. The molecule has 0 radical (unpaired) electrons. The van der Waals surface area contributed by atoms with E-state index in [0.717, 1.165) is 12.1 Å².